The van der Waals surface area contributed by atoms with Gasteiger partial charge >= 0.3 is 0 Å². The van der Waals surface area contributed by atoms with Crippen molar-refractivity contribution >= 4 is 5.91 Å². The van der Waals surface area contributed by atoms with Gasteiger partial charge in [-0.05, 0) is 58.4 Å². The highest BCUT2D eigenvalue weighted by Crippen LogP contribution is 2.51. The van der Waals surface area contributed by atoms with Gasteiger partial charge in [-0.25, -0.2) is 4.98 Å². The Morgan fingerprint density at radius 1 is 1.19 bits per heavy atom. The first-order chi connectivity index (χ1) is 14.9. The Balaban J connectivity index is 1.44. The SMILES string of the molecule is Cc1ccc(C2(C(=O)N3CCC[C@@H]3c3nc4c(c(=O)[nH]3)CCN(C(C)C)C4)CC2)cc1. The van der Waals surface area contributed by atoms with Crippen LogP contribution >= 0.6 is 0 Å². The number of hydrogen-bond acceptors (Lipinski definition) is 4. The van der Waals surface area contributed by atoms with Crippen molar-refractivity contribution in [2.75, 3.05) is 13.1 Å². The molecule has 1 aliphatic carbocycles. The van der Waals surface area contributed by atoms with E-state index >= 15 is 0 Å². The third-order valence-corrected chi connectivity index (χ3v) is 7.44. The van der Waals surface area contributed by atoms with E-state index in [9.17, 15) is 9.59 Å². The van der Waals surface area contributed by atoms with Gasteiger partial charge in [0.05, 0.1) is 17.2 Å². The molecule has 1 N–H and O–H groups in total. The van der Waals surface area contributed by atoms with Gasteiger partial charge in [0.2, 0.25) is 5.91 Å². The maximum atomic E-state index is 13.7. The predicted octanol–water partition coefficient (Wildman–Crippen LogP) is 3.24. The standard InChI is InChI=1S/C25H32N4O2/c1-16(2)28-14-10-19-20(15-28)26-22(27-23(19)30)21-5-4-13-29(21)24(31)25(11-12-25)18-8-6-17(3)7-9-18/h6-9,16,21H,4-5,10-15H2,1-3H3,(H,26,27,30)/t21-/m1/s1. The van der Waals surface area contributed by atoms with Crippen molar-refractivity contribution in [2.45, 2.75) is 76.9 Å². The van der Waals surface area contributed by atoms with Gasteiger partial charge in [-0.2, -0.15) is 0 Å². The lowest BCUT2D eigenvalue weighted by Gasteiger charge is -2.32. The summed E-state index contributed by atoms with van der Waals surface area (Å²) in [6, 6.07) is 8.67. The molecule has 0 radical (unpaired) electrons. The number of likely N-dealkylation sites (tertiary alicyclic amines) is 1. The van der Waals surface area contributed by atoms with Gasteiger partial charge in [0.15, 0.2) is 0 Å². The van der Waals surface area contributed by atoms with Gasteiger partial charge in [-0.15, -0.1) is 0 Å². The normalized spacial score (nSPS) is 22.6. The van der Waals surface area contributed by atoms with E-state index in [0.29, 0.717) is 18.4 Å². The van der Waals surface area contributed by atoms with Gasteiger partial charge < -0.3 is 9.88 Å². The number of aromatic nitrogens is 2. The molecule has 2 aromatic rings. The second-order valence-corrected chi connectivity index (χ2v) is 9.80. The number of fused-ring (bicyclic) bond motifs is 1. The molecule has 164 valence electrons. The fourth-order valence-corrected chi connectivity index (χ4v) is 5.27. The van der Waals surface area contributed by atoms with Crippen LogP contribution in [0, 0.1) is 6.92 Å². The number of amides is 1. The molecule has 0 unspecified atom stereocenters. The molecular formula is C25H32N4O2. The zero-order valence-corrected chi connectivity index (χ0v) is 18.8. The van der Waals surface area contributed by atoms with Crippen molar-refractivity contribution in [2.24, 2.45) is 0 Å². The number of nitrogens with zero attached hydrogens (tertiary/aromatic N) is 3. The summed E-state index contributed by atoms with van der Waals surface area (Å²) in [5, 5.41) is 0. The Bertz CT molecular complexity index is 1050. The number of benzene rings is 1. The topological polar surface area (TPSA) is 69.3 Å². The fourth-order valence-electron chi connectivity index (χ4n) is 5.27. The van der Waals surface area contributed by atoms with E-state index in [-0.39, 0.29) is 22.9 Å². The Hall–Kier alpha value is -2.47. The van der Waals surface area contributed by atoms with Crippen molar-refractivity contribution in [3.8, 4) is 0 Å². The molecule has 3 aliphatic rings. The number of carbonyl (C=O) groups excluding carboxylic acids is 1. The second kappa shape index (κ2) is 7.59. The minimum Gasteiger partial charge on any atom is -0.332 e. The molecule has 1 aromatic heterocycles. The summed E-state index contributed by atoms with van der Waals surface area (Å²) in [6.07, 6.45) is 4.33. The third-order valence-electron chi connectivity index (χ3n) is 7.44. The molecule has 1 amide bonds. The number of aryl methyl sites for hydroxylation is 1. The molecule has 3 heterocycles. The average Bonchev–Trinajstić information content (AvgIpc) is 3.42. The van der Waals surface area contributed by atoms with E-state index in [1.807, 2.05) is 4.90 Å². The van der Waals surface area contributed by atoms with Crippen LogP contribution < -0.4 is 5.56 Å². The summed E-state index contributed by atoms with van der Waals surface area (Å²) in [4.78, 5) is 38.9. The van der Waals surface area contributed by atoms with Crippen molar-refractivity contribution in [1.29, 1.82) is 0 Å². The van der Waals surface area contributed by atoms with Crippen molar-refractivity contribution in [1.82, 2.24) is 19.8 Å². The lowest BCUT2D eigenvalue weighted by Crippen LogP contribution is -2.42. The zero-order valence-electron chi connectivity index (χ0n) is 18.8. The van der Waals surface area contributed by atoms with E-state index in [4.69, 9.17) is 4.98 Å². The maximum absolute atomic E-state index is 13.7. The third kappa shape index (κ3) is 3.51. The van der Waals surface area contributed by atoms with Gasteiger partial charge in [-0.3, -0.25) is 14.5 Å². The number of H-pyrrole nitrogens is 1. The van der Waals surface area contributed by atoms with Crippen LogP contribution in [0.4, 0.5) is 0 Å². The van der Waals surface area contributed by atoms with E-state index in [2.05, 4.69) is 54.9 Å². The Morgan fingerprint density at radius 2 is 1.94 bits per heavy atom. The molecule has 5 rings (SSSR count). The summed E-state index contributed by atoms with van der Waals surface area (Å²) in [5.41, 5.74) is 3.61. The molecule has 2 aliphatic heterocycles. The molecular weight excluding hydrogens is 388 g/mol. The van der Waals surface area contributed by atoms with Crippen LogP contribution in [0.3, 0.4) is 0 Å². The first-order valence-electron chi connectivity index (χ1n) is 11.6. The van der Waals surface area contributed by atoms with Crippen molar-refractivity contribution < 1.29 is 4.79 Å². The molecule has 1 atom stereocenters. The first-order valence-corrected chi connectivity index (χ1v) is 11.6. The van der Waals surface area contributed by atoms with Crippen molar-refractivity contribution in [3.05, 3.63) is 62.8 Å². The molecule has 1 saturated carbocycles. The predicted molar refractivity (Wildman–Crippen MR) is 120 cm³/mol. The van der Waals surface area contributed by atoms with Crippen LogP contribution in [0.5, 0.6) is 0 Å². The highest BCUT2D eigenvalue weighted by atomic mass is 16.2. The Morgan fingerprint density at radius 3 is 2.61 bits per heavy atom. The van der Waals surface area contributed by atoms with Gasteiger partial charge in [0.25, 0.3) is 5.56 Å². The van der Waals surface area contributed by atoms with Crippen LogP contribution in [0.1, 0.15) is 73.8 Å². The lowest BCUT2D eigenvalue weighted by atomic mass is 9.93. The molecule has 2 fully saturated rings. The summed E-state index contributed by atoms with van der Waals surface area (Å²) in [5.74, 6) is 0.864. The molecule has 0 spiro atoms. The monoisotopic (exact) mass is 420 g/mol. The zero-order chi connectivity index (χ0) is 21.8. The first kappa shape index (κ1) is 20.4. The molecule has 31 heavy (non-hydrogen) atoms. The minimum absolute atomic E-state index is 0.0256. The number of carbonyl (C=O) groups is 1. The largest absolute Gasteiger partial charge is 0.332 e. The highest BCUT2D eigenvalue weighted by molar-refractivity contribution is 5.91. The van der Waals surface area contributed by atoms with Crippen LogP contribution in [0.2, 0.25) is 0 Å². The average molecular weight is 421 g/mol. The highest BCUT2D eigenvalue weighted by Gasteiger charge is 2.54. The lowest BCUT2D eigenvalue weighted by molar-refractivity contribution is -0.135. The van der Waals surface area contributed by atoms with Gasteiger partial charge in [0.1, 0.15) is 5.82 Å². The van der Waals surface area contributed by atoms with Gasteiger partial charge in [0, 0.05) is 31.2 Å². The van der Waals surface area contributed by atoms with Crippen LogP contribution in [0.15, 0.2) is 29.1 Å². The van der Waals surface area contributed by atoms with Gasteiger partial charge in [-0.1, -0.05) is 29.8 Å². The quantitative estimate of drug-likeness (QED) is 0.824. The number of rotatable bonds is 4. The molecule has 1 aromatic carbocycles. The van der Waals surface area contributed by atoms with Crippen LogP contribution in [0.25, 0.3) is 0 Å². The maximum Gasteiger partial charge on any atom is 0.254 e. The summed E-state index contributed by atoms with van der Waals surface area (Å²) in [6.45, 7) is 8.75. The summed E-state index contributed by atoms with van der Waals surface area (Å²) < 4.78 is 0. The molecule has 0 bridgehead atoms. The minimum atomic E-state index is -0.390. The number of nitrogens with one attached hydrogen (secondary N) is 1. The van der Waals surface area contributed by atoms with Crippen molar-refractivity contribution in [3.63, 3.8) is 0 Å². The van der Waals surface area contributed by atoms with E-state index in [1.165, 1.54) is 5.56 Å². The Kier molecular flexibility index (Phi) is 5.00. The number of hydrogen-bond donors (Lipinski definition) is 1. The molecule has 6 heteroatoms. The second-order valence-electron chi connectivity index (χ2n) is 9.80. The van der Waals surface area contributed by atoms with E-state index in [0.717, 1.165) is 62.0 Å². The number of aromatic amines is 1. The van der Waals surface area contributed by atoms with E-state index < -0.39 is 0 Å². The van der Waals surface area contributed by atoms with Crippen LogP contribution in [-0.2, 0) is 23.2 Å². The Labute approximate surface area is 183 Å². The molecule has 6 nitrogen and oxygen atoms in total. The smallest absolute Gasteiger partial charge is 0.254 e. The summed E-state index contributed by atoms with van der Waals surface area (Å²) >= 11 is 0. The van der Waals surface area contributed by atoms with E-state index in [1.54, 1.807) is 0 Å². The van der Waals surface area contributed by atoms with Crippen LogP contribution in [-0.4, -0.2) is 44.8 Å². The fraction of sp³-hybridized carbons (Fsp3) is 0.560. The summed E-state index contributed by atoms with van der Waals surface area (Å²) in [7, 11) is 0. The molecule has 1 saturated heterocycles.